The van der Waals surface area contributed by atoms with Crippen molar-refractivity contribution in [2.24, 2.45) is 5.92 Å². The van der Waals surface area contributed by atoms with Crippen molar-refractivity contribution in [1.82, 2.24) is 24.1 Å². The molecule has 2 rings (SSSR count). The molecule has 1 N–H and O–H groups in total. The van der Waals surface area contributed by atoms with Gasteiger partial charge in [-0.15, -0.1) is 0 Å². The average Bonchev–Trinajstić information content (AvgIpc) is 2.82. The second-order valence-electron chi connectivity index (χ2n) is 5.82. The Kier molecular flexibility index (Phi) is 5.20. The third-order valence-corrected chi connectivity index (χ3v) is 5.03. The van der Waals surface area contributed by atoms with E-state index >= 15 is 0 Å². The van der Waals surface area contributed by atoms with Crippen molar-refractivity contribution in [1.29, 1.82) is 0 Å². The minimum atomic E-state index is -3.31. The lowest BCUT2D eigenvalue weighted by Gasteiger charge is -2.25. The van der Waals surface area contributed by atoms with E-state index in [-0.39, 0.29) is 18.4 Å². The van der Waals surface area contributed by atoms with E-state index in [1.807, 2.05) is 0 Å². The lowest BCUT2D eigenvalue weighted by molar-refractivity contribution is -0.133. The molecular formula is C13H23N5O3S. The summed E-state index contributed by atoms with van der Waals surface area (Å²) in [6.07, 6.45) is 4.61. The fourth-order valence-corrected chi connectivity index (χ4v) is 3.48. The molecule has 22 heavy (non-hydrogen) atoms. The van der Waals surface area contributed by atoms with Crippen LogP contribution in [0.5, 0.6) is 0 Å². The van der Waals surface area contributed by atoms with Gasteiger partial charge >= 0.3 is 0 Å². The van der Waals surface area contributed by atoms with Crippen molar-refractivity contribution in [2.45, 2.75) is 6.54 Å². The molecule has 0 saturated carbocycles. The Labute approximate surface area is 131 Å². The number of carbonyl (C=O) groups excluding carboxylic acids is 1. The van der Waals surface area contributed by atoms with E-state index < -0.39 is 10.0 Å². The van der Waals surface area contributed by atoms with Gasteiger partial charge in [0.15, 0.2) is 0 Å². The van der Waals surface area contributed by atoms with Crippen LogP contribution in [0.15, 0.2) is 12.4 Å². The highest BCUT2D eigenvalue weighted by molar-refractivity contribution is 7.88. The lowest BCUT2D eigenvalue weighted by atomic mass is 10.1. The van der Waals surface area contributed by atoms with Gasteiger partial charge in [-0.05, 0) is 0 Å². The number of nitrogens with zero attached hydrogens (tertiary/aromatic N) is 4. The number of amides is 1. The molecule has 1 aromatic heterocycles. The van der Waals surface area contributed by atoms with Crippen LogP contribution >= 0.6 is 0 Å². The van der Waals surface area contributed by atoms with Crippen LogP contribution in [0.4, 0.5) is 0 Å². The molecule has 0 spiro atoms. The minimum absolute atomic E-state index is 0.0556. The van der Waals surface area contributed by atoms with Gasteiger partial charge < -0.3 is 9.88 Å². The van der Waals surface area contributed by atoms with Gasteiger partial charge in [0.2, 0.25) is 15.9 Å². The zero-order chi connectivity index (χ0) is 16.3. The Morgan fingerprint density at radius 3 is 2.68 bits per heavy atom. The number of aromatic amines is 1. The number of hydrogen-bond acceptors (Lipinski definition) is 5. The second-order valence-corrected chi connectivity index (χ2v) is 7.80. The monoisotopic (exact) mass is 329 g/mol. The van der Waals surface area contributed by atoms with Gasteiger partial charge in [0.1, 0.15) is 5.82 Å². The largest absolute Gasteiger partial charge is 0.348 e. The summed E-state index contributed by atoms with van der Waals surface area (Å²) in [5.74, 6) is 0.381. The maximum atomic E-state index is 12.3. The average molecular weight is 329 g/mol. The van der Waals surface area contributed by atoms with Crippen LogP contribution < -0.4 is 0 Å². The fourth-order valence-electron chi connectivity index (χ4n) is 2.61. The summed E-state index contributed by atoms with van der Waals surface area (Å²) in [6, 6.07) is 0. The topological polar surface area (TPSA) is 89.6 Å². The molecule has 1 aromatic rings. The van der Waals surface area contributed by atoms with Crippen molar-refractivity contribution in [3.8, 4) is 0 Å². The number of sulfonamides is 1. The molecule has 0 radical (unpaired) electrons. The summed E-state index contributed by atoms with van der Waals surface area (Å²) >= 11 is 0. The molecule has 9 heteroatoms. The number of imidazole rings is 1. The number of aromatic nitrogens is 2. The molecule has 1 aliphatic heterocycles. The van der Waals surface area contributed by atoms with Crippen LogP contribution in [-0.2, 0) is 21.4 Å². The number of hydrogen-bond donors (Lipinski definition) is 1. The van der Waals surface area contributed by atoms with Crippen molar-refractivity contribution >= 4 is 15.9 Å². The maximum Gasteiger partial charge on any atom is 0.227 e. The van der Waals surface area contributed by atoms with E-state index in [0.717, 1.165) is 5.82 Å². The predicted molar refractivity (Wildman–Crippen MR) is 82.5 cm³/mol. The Bertz CT molecular complexity index is 599. The van der Waals surface area contributed by atoms with Crippen molar-refractivity contribution in [3.05, 3.63) is 18.2 Å². The summed E-state index contributed by atoms with van der Waals surface area (Å²) < 4.78 is 25.1. The number of rotatable bonds is 4. The molecule has 1 aliphatic rings. The van der Waals surface area contributed by atoms with Crippen LogP contribution in [0, 0.1) is 5.92 Å². The molecule has 124 valence electrons. The van der Waals surface area contributed by atoms with Crippen LogP contribution in [0.3, 0.4) is 0 Å². The minimum Gasteiger partial charge on any atom is -0.348 e. The van der Waals surface area contributed by atoms with Crippen LogP contribution in [0.1, 0.15) is 5.82 Å². The van der Waals surface area contributed by atoms with Crippen molar-refractivity contribution in [3.63, 3.8) is 0 Å². The smallest absolute Gasteiger partial charge is 0.227 e. The van der Waals surface area contributed by atoms with Crippen LogP contribution in [-0.4, -0.2) is 84.9 Å². The van der Waals surface area contributed by atoms with Gasteiger partial charge in [-0.1, -0.05) is 0 Å². The van der Waals surface area contributed by atoms with Crippen molar-refractivity contribution < 1.29 is 13.2 Å². The molecule has 1 atom stereocenters. The first-order valence-corrected chi connectivity index (χ1v) is 8.99. The first kappa shape index (κ1) is 16.9. The van der Waals surface area contributed by atoms with Gasteiger partial charge in [0.05, 0.1) is 18.7 Å². The van der Waals surface area contributed by atoms with E-state index in [4.69, 9.17) is 0 Å². The highest BCUT2D eigenvalue weighted by Gasteiger charge is 2.32. The highest BCUT2D eigenvalue weighted by atomic mass is 32.2. The Morgan fingerprint density at radius 1 is 1.41 bits per heavy atom. The molecule has 1 fully saturated rings. The Morgan fingerprint density at radius 2 is 2.14 bits per heavy atom. The maximum absolute atomic E-state index is 12.3. The van der Waals surface area contributed by atoms with Gasteiger partial charge in [0, 0.05) is 52.7 Å². The van der Waals surface area contributed by atoms with E-state index in [0.29, 0.717) is 26.2 Å². The van der Waals surface area contributed by atoms with E-state index in [1.165, 1.54) is 15.5 Å². The first-order chi connectivity index (χ1) is 10.3. The molecule has 0 bridgehead atoms. The molecular weight excluding hydrogens is 306 g/mol. The molecule has 8 nitrogen and oxygen atoms in total. The summed E-state index contributed by atoms with van der Waals surface area (Å²) in [6.45, 7) is 2.28. The third kappa shape index (κ3) is 4.28. The Hall–Kier alpha value is -1.45. The van der Waals surface area contributed by atoms with Crippen molar-refractivity contribution in [2.75, 3.05) is 46.5 Å². The van der Waals surface area contributed by atoms with E-state index in [2.05, 4.69) is 14.9 Å². The van der Waals surface area contributed by atoms with Gasteiger partial charge in [0.25, 0.3) is 0 Å². The third-order valence-electron chi connectivity index (χ3n) is 3.76. The SMILES string of the molecule is CN(C)C(=O)[C@@H]1CN(Cc2ncc[nH]2)CCN(S(C)(=O)=O)C1. The molecule has 2 heterocycles. The molecule has 0 aliphatic carbocycles. The zero-order valence-corrected chi connectivity index (χ0v) is 14.0. The second kappa shape index (κ2) is 6.76. The van der Waals surface area contributed by atoms with Gasteiger partial charge in [-0.2, -0.15) is 0 Å². The number of carbonyl (C=O) groups is 1. The molecule has 0 unspecified atom stereocenters. The van der Waals surface area contributed by atoms with Gasteiger partial charge in [-0.25, -0.2) is 17.7 Å². The summed E-state index contributed by atoms with van der Waals surface area (Å²) in [5, 5.41) is 0. The quantitative estimate of drug-likeness (QED) is 0.780. The Balaban J connectivity index is 2.16. The highest BCUT2D eigenvalue weighted by Crippen LogP contribution is 2.15. The van der Waals surface area contributed by atoms with Crippen LogP contribution in [0.2, 0.25) is 0 Å². The number of H-pyrrole nitrogens is 1. The summed E-state index contributed by atoms with van der Waals surface area (Å²) in [4.78, 5) is 23.1. The van der Waals surface area contributed by atoms with E-state index in [1.54, 1.807) is 26.5 Å². The summed E-state index contributed by atoms with van der Waals surface area (Å²) in [7, 11) is 0.0644. The number of nitrogens with one attached hydrogen (secondary N) is 1. The lowest BCUT2D eigenvalue weighted by Crippen LogP contribution is -2.41. The normalized spacial score (nSPS) is 21.5. The standard InChI is InChI=1S/C13H23N5O3S/c1-16(2)13(19)11-8-17(10-12-14-4-5-15-12)6-7-18(9-11)22(3,20)21/h4-5,11H,6-10H2,1-3H3,(H,14,15)/t11-/m1/s1. The molecule has 0 aromatic carbocycles. The summed E-state index contributed by atoms with van der Waals surface area (Å²) in [5.41, 5.74) is 0. The first-order valence-electron chi connectivity index (χ1n) is 7.14. The molecule has 1 amide bonds. The predicted octanol–water partition coefficient (Wildman–Crippen LogP) is -0.809. The van der Waals surface area contributed by atoms with E-state index in [9.17, 15) is 13.2 Å². The fraction of sp³-hybridized carbons (Fsp3) is 0.692. The van der Waals surface area contributed by atoms with Gasteiger partial charge in [-0.3, -0.25) is 9.69 Å². The van der Waals surface area contributed by atoms with Crippen LogP contribution in [0.25, 0.3) is 0 Å². The molecule has 1 saturated heterocycles. The zero-order valence-electron chi connectivity index (χ0n) is 13.2.